The minimum absolute atomic E-state index is 0.250. The second kappa shape index (κ2) is 2.18. The molecule has 0 rings (SSSR count). The summed E-state index contributed by atoms with van der Waals surface area (Å²) < 4.78 is 0. The van der Waals surface area contributed by atoms with Crippen molar-refractivity contribution < 1.29 is 10.2 Å². The molecule has 0 saturated carbocycles. The zero-order valence-corrected chi connectivity index (χ0v) is 3.14. The number of rotatable bonds is 1. The first-order chi connectivity index (χ1) is 2.27. The van der Waals surface area contributed by atoms with Gasteiger partial charge in [-0.05, 0) is 0 Å². The highest BCUT2D eigenvalue weighted by atomic mass is 16.3. The van der Waals surface area contributed by atoms with E-state index in [1.165, 1.54) is 6.92 Å². The molecule has 0 aromatic rings. The third-order valence-corrected chi connectivity index (χ3v) is 0.257. The molecule has 0 amide bonds. The second-order valence-corrected chi connectivity index (χ2v) is 0.993. The smallest absolute Gasteiger partial charge is 0.0303 e. The molecule has 0 radical (unpaired) electrons. The van der Waals surface area contributed by atoms with Crippen molar-refractivity contribution in [1.29, 1.82) is 0 Å². The minimum atomic E-state index is -0.810. The summed E-state index contributed by atoms with van der Waals surface area (Å²) in [6.07, 6.45) is -0.810. The van der Waals surface area contributed by atoms with E-state index in [9.17, 15) is 5.11 Å². The number of hydrogen-bond acceptors (Lipinski definition) is 2. The lowest BCUT2D eigenvalue weighted by atomic mass is 10.5. The summed E-state index contributed by atoms with van der Waals surface area (Å²) in [5.74, 6) is 0. The Morgan fingerprint density at radius 3 is 2.20 bits per heavy atom. The predicted octanol–water partition coefficient (Wildman–Crippen LogP) is -1.27. The molecule has 5 heavy (non-hydrogen) atoms. The van der Waals surface area contributed by atoms with E-state index in [0.717, 1.165) is 0 Å². The molecule has 0 fully saturated rings. The van der Waals surface area contributed by atoms with E-state index in [2.05, 4.69) is 0 Å². The molecular formula is C3H7O2-. The lowest BCUT2D eigenvalue weighted by molar-refractivity contribution is -0.419. The molecule has 2 heteroatoms. The first-order valence-electron chi connectivity index (χ1n) is 1.54. The van der Waals surface area contributed by atoms with E-state index in [1.807, 2.05) is 0 Å². The molecule has 0 aromatic heterocycles. The van der Waals surface area contributed by atoms with Crippen LogP contribution in [0.25, 0.3) is 0 Å². The van der Waals surface area contributed by atoms with Gasteiger partial charge >= 0.3 is 0 Å². The molecule has 0 aliphatic rings. The van der Waals surface area contributed by atoms with E-state index in [4.69, 9.17) is 5.11 Å². The van der Waals surface area contributed by atoms with Gasteiger partial charge in [0.25, 0.3) is 0 Å². The van der Waals surface area contributed by atoms with Crippen LogP contribution in [0.5, 0.6) is 0 Å². The van der Waals surface area contributed by atoms with Gasteiger partial charge in [-0.3, -0.25) is 0 Å². The largest absolute Gasteiger partial charge is 0.851 e. The fourth-order valence-electron chi connectivity index (χ4n) is 0. The van der Waals surface area contributed by atoms with Gasteiger partial charge in [-0.2, -0.15) is 0 Å². The maximum Gasteiger partial charge on any atom is 0.0303 e. The molecule has 32 valence electrons. The van der Waals surface area contributed by atoms with Crippen LogP contribution in [0.4, 0.5) is 0 Å². The van der Waals surface area contributed by atoms with Gasteiger partial charge in [0.15, 0.2) is 0 Å². The summed E-state index contributed by atoms with van der Waals surface area (Å²) in [7, 11) is 0. The molecule has 0 bridgehead atoms. The standard InChI is InChI=1S/C3H7O2/c1-3(5)2-4/h3-4H,2H2,1H3/q-1. The van der Waals surface area contributed by atoms with E-state index in [0.29, 0.717) is 0 Å². The monoisotopic (exact) mass is 75.0 g/mol. The first-order valence-corrected chi connectivity index (χ1v) is 1.54. The molecule has 1 N–H and O–H groups in total. The minimum Gasteiger partial charge on any atom is -0.851 e. The summed E-state index contributed by atoms with van der Waals surface area (Å²) in [6, 6.07) is 0. The topological polar surface area (TPSA) is 43.3 Å². The van der Waals surface area contributed by atoms with Crippen LogP contribution in [-0.4, -0.2) is 17.8 Å². The van der Waals surface area contributed by atoms with Crippen molar-refractivity contribution in [3.05, 3.63) is 0 Å². The van der Waals surface area contributed by atoms with Crippen molar-refractivity contribution in [3.8, 4) is 0 Å². The number of aliphatic hydroxyl groups is 1. The molecule has 0 spiro atoms. The molecule has 1 atom stereocenters. The van der Waals surface area contributed by atoms with Gasteiger partial charge in [-0.25, -0.2) is 0 Å². The SMILES string of the molecule is CC([O-])CO. The Labute approximate surface area is 31.1 Å². The average molecular weight is 75.1 g/mol. The summed E-state index contributed by atoms with van der Waals surface area (Å²) in [5, 5.41) is 17.5. The van der Waals surface area contributed by atoms with Crippen molar-refractivity contribution in [3.63, 3.8) is 0 Å². The van der Waals surface area contributed by atoms with Crippen LogP contribution in [-0.2, 0) is 0 Å². The molecule has 1 unspecified atom stereocenters. The highest BCUT2D eigenvalue weighted by molar-refractivity contribution is 4.31. The van der Waals surface area contributed by atoms with Crippen molar-refractivity contribution in [1.82, 2.24) is 0 Å². The molecule has 0 saturated heterocycles. The maximum absolute atomic E-state index is 9.65. The fraction of sp³-hybridized carbons (Fsp3) is 1.00. The highest BCUT2D eigenvalue weighted by Crippen LogP contribution is 1.61. The lowest BCUT2D eigenvalue weighted by Gasteiger charge is -2.08. The zero-order valence-electron chi connectivity index (χ0n) is 3.14. The van der Waals surface area contributed by atoms with Gasteiger partial charge in [-0.1, -0.05) is 6.92 Å². The molecule has 0 heterocycles. The van der Waals surface area contributed by atoms with Crippen LogP contribution in [0.3, 0.4) is 0 Å². The van der Waals surface area contributed by atoms with Gasteiger partial charge in [-0.15, -0.1) is 6.10 Å². The van der Waals surface area contributed by atoms with Crippen LogP contribution in [0.15, 0.2) is 0 Å². The molecule has 0 aliphatic heterocycles. The van der Waals surface area contributed by atoms with Gasteiger partial charge in [0.2, 0.25) is 0 Å². The average Bonchev–Trinajstić information content (AvgIpc) is 1.38. The van der Waals surface area contributed by atoms with Crippen LogP contribution in [0, 0.1) is 0 Å². The van der Waals surface area contributed by atoms with Crippen LogP contribution >= 0.6 is 0 Å². The van der Waals surface area contributed by atoms with Crippen LogP contribution in [0.1, 0.15) is 6.92 Å². The van der Waals surface area contributed by atoms with Gasteiger partial charge in [0.1, 0.15) is 0 Å². The summed E-state index contributed by atoms with van der Waals surface area (Å²) in [6.45, 7) is 1.17. The number of aliphatic hydroxyl groups excluding tert-OH is 1. The highest BCUT2D eigenvalue weighted by Gasteiger charge is 1.70. The second-order valence-electron chi connectivity index (χ2n) is 0.993. The summed E-state index contributed by atoms with van der Waals surface area (Å²) in [5.41, 5.74) is 0. The quantitative estimate of drug-likeness (QED) is 0.422. The van der Waals surface area contributed by atoms with E-state index in [1.54, 1.807) is 0 Å². The Bertz CT molecular complexity index is 18.9. The molecule has 0 aromatic carbocycles. The third-order valence-electron chi connectivity index (χ3n) is 0.257. The Morgan fingerprint density at radius 1 is 2.00 bits per heavy atom. The molecule has 2 nitrogen and oxygen atoms in total. The van der Waals surface area contributed by atoms with Crippen molar-refractivity contribution in [2.24, 2.45) is 0 Å². The number of hydrogen-bond donors (Lipinski definition) is 1. The van der Waals surface area contributed by atoms with Crippen LogP contribution in [0.2, 0.25) is 0 Å². The van der Waals surface area contributed by atoms with Crippen molar-refractivity contribution in [2.45, 2.75) is 13.0 Å². The fourth-order valence-corrected chi connectivity index (χ4v) is 0. The van der Waals surface area contributed by atoms with Gasteiger partial charge in [0, 0.05) is 6.61 Å². The Kier molecular flexibility index (Phi) is 2.14. The zero-order chi connectivity index (χ0) is 4.28. The third kappa shape index (κ3) is 3.92. The first kappa shape index (κ1) is 4.92. The molecular weight excluding hydrogens is 68.0 g/mol. The normalized spacial score (nSPS) is 15.0. The Morgan fingerprint density at radius 2 is 2.20 bits per heavy atom. The van der Waals surface area contributed by atoms with Gasteiger partial charge < -0.3 is 10.2 Å². The Hall–Kier alpha value is -0.0800. The summed E-state index contributed by atoms with van der Waals surface area (Å²) in [4.78, 5) is 0. The van der Waals surface area contributed by atoms with E-state index < -0.39 is 6.10 Å². The van der Waals surface area contributed by atoms with E-state index in [-0.39, 0.29) is 6.61 Å². The Balaban J connectivity index is 2.54. The van der Waals surface area contributed by atoms with Crippen LogP contribution < -0.4 is 5.11 Å². The maximum atomic E-state index is 9.65. The predicted molar refractivity (Wildman–Crippen MR) is 16.5 cm³/mol. The van der Waals surface area contributed by atoms with Gasteiger partial charge in [0.05, 0.1) is 0 Å². The molecule has 0 aliphatic carbocycles. The summed E-state index contributed by atoms with van der Waals surface area (Å²) >= 11 is 0. The van der Waals surface area contributed by atoms with E-state index >= 15 is 0 Å². The lowest BCUT2D eigenvalue weighted by Crippen LogP contribution is -2.24. The van der Waals surface area contributed by atoms with Crippen molar-refractivity contribution in [2.75, 3.05) is 6.61 Å². The van der Waals surface area contributed by atoms with Crippen molar-refractivity contribution >= 4 is 0 Å².